The maximum absolute atomic E-state index is 15.2. The van der Waals surface area contributed by atoms with Crippen molar-refractivity contribution in [3.8, 4) is 16.9 Å². The van der Waals surface area contributed by atoms with Crippen LogP contribution in [0.1, 0.15) is 18.7 Å². The molecule has 0 saturated carbocycles. The SMILES string of the molecule is CO[C@H]1CN(C)C(=O)[C@@H]2C[C@@H](CN2c2nc(N3CCC(O)C3=O)nc3c2cnn3-c2ccc(F)cc2F)Nc2cccc(n2)-c2cc(F)cc3nc(C)n(c23)C1. The minimum atomic E-state index is -1.25. The number of pyridine rings is 1. The quantitative estimate of drug-likeness (QED) is 0.270. The zero-order valence-corrected chi connectivity index (χ0v) is 30.5. The first-order valence-electron chi connectivity index (χ1n) is 18.1. The summed E-state index contributed by atoms with van der Waals surface area (Å²) in [4.78, 5) is 51.4. The van der Waals surface area contributed by atoms with Crippen LogP contribution in [0.5, 0.6) is 0 Å². The fraction of sp³-hybridized carbons (Fsp3) is 0.342. The molecule has 2 saturated heterocycles. The molecular weight excluding hydrogens is 731 g/mol. The summed E-state index contributed by atoms with van der Waals surface area (Å²) in [5.41, 5.74) is 2.25. The number of nitrogens with zero attached hydrogens (tertiary/aromatic N) is 10. The average molecular weight is 768 g/mol. The van der Waals surface area contributed by atoms with E-state index in [4.69, 9.17) is 14.7 Å². The van der Waals surface area contributed by atoms with Crippen LogP contribution in [0, 0.1) is 24.4 Å². The van der Waals surface area contributed by atoms with E-state index < -0.39 is 41.6 Å². The molecule has 3 aliphatic heterocycles. The van der Waals surface area contributed by atoms with E-state index in [-0.39, 0.29) is 61.1 Å². The first-order chi connectivity index (χ1) is 27.0. The molecule has 7 heterocycles. The molecule has 288 valence electrons. The molecule has 0 radical (unpaired) electrons. The zero-order valence-electron chi connectivity index (χ0n) is 30.5. The predicted molar refractivity (Wildman–Crippen MR) is 199 cm³/mol. The van der Waals surface area contributed by atoms with Crippen molar-refractivity contribution in [3.05, 3.63) is 78.0 Å². The lowest BCUT2D eigenvalue weighted by molar-refractivity contribution is -0.132. The molecule has 2 N–H and O–H groups in total. The summed E-state index contributed by atoms with van der Waals surface area (Å²) in [6.45, 7) is 2.66. The van der Waals surface area contributed by atoms with Crippen LogP contribution in [-0.2, 0) is 20.9 Å². The van der Waals surface area contributed by atoms with Crippen molar-refractivity contribution in [2.45, 2.75) is 50.6 Å². The van der Waals surface area contributed by atoms with E-state index in [1.165, 1.54) is 34.0 Å². The van der Waals surface area contributed by atoms with Gasteiger partial charge in [-0.25, -0.2) is 27.8 Å². The van der Waals surface area contributed by atoms with E-state index in [0.717, 1.165) is 12.1 Å². The van der Waals surface area contributed by atoms with E-state index in [1.54, 1.807) is 36.1 Å². The number of nitrogens with one attached hydrogen (secondary N) is 1. The molecule has 4 bridgehead atoms. The smallest absolute Gasteiger partial charge is 0.258 e. The summed E-state index contributed by atoms with van der Waals surface area (Å²) in [6, 6.07) is 10.1. The molecular formula is C38H36F3N11O4. The largest absolute Gasteiger partial charge is 0.383 e. The number of fused-ring (bicyclic) bond motifs is 6. The zero-order chi connectivity index (χ0) is 39.0. The predicted octanol–water partition coefficient (Wildman–Crippen LogP) is 3.60. The number of anilines is 3. The lowest BCUT2D eigenvalue weighted by Crippen LogP contribution is -2.47. The first-order valence-corrected chi connectivity index (χ1v) is 18.1. The molecule has 4 aromatic heterocycles. The number of carbonyl (C=O) groups is 2. The fourth-order valence-electron chi connectivity index (χ4n) is 8.03. The average Bonchev–Trinajstić information content (AvgIpc) is 3.95. The number of imidazole rings is 1. The van der Waals surface area contributed by atoms with E-state index in [1.807, 2.05) is 17.6 Å². The summed E-state index contributed by atoms with van der Waals surface area (Å²) < 4.78 is 53.3. The second-order valence-corrected chi connectivity index (χ2v) is 14.4. The Hall–Kier alpha value is -6.14. The molecule has 6 aromatic rings. The van der Waals surface area contributed by atoms with Gasteiger partial charge in [0.25, 0.3) is 5.91 Å². The van der Waals surface area contributed by atoms with Crippen LogP contribution < -0.4 is 15.1 Å². The molecule has 15 nitrogen and oxygen atoms in total. The van der Waals surface area contributed by atoms with Gasteiger partial charge in [0.15, 0.2) is 11.5 Å². The summed E-state index contributed by atoms with van der Waals surface area (Å²) >= 11 is 0. The van der Waals surface area contributed by atoms with Gasteiger partial charge in [0.2, 0.25) is 11.9 Å². The van der Waals surface area contributed by atoms with Crippen molar-refractivity contribution in [1.29, 1.82) is 0 Å². The Morgan fingerprint density at radius 1 is 0.946 bits per heavy atom. The lowest BCUT2D eigenvalue weighted by atomic mass is 10.1. The van der Waals surface area contributed by atoms with Crippen LogP contribution in [0.2, 0.25) is 0 Å². The molecule has 56 heavy (non-hydrogen) atoms. The maximum atomic E-state index is 15.2. The van der Waals surface area contributed by atoms with Gasteiger partial charge in [-0.1, -0.05) is 6.07 Å². The second-order valence-electron chi connectivity index (χ2n) is 14.4. The Kier molecular flexibility index (Phi) is 8.61. The number of carbonyl (C=O) groups excluding carboxylic acids is 2. The first kappa shape index (κ1) is 35.6. The number of likely N-dealkylation sites (N-methyl/N-ethyl adjacent to an activating group) is 1. The Balaban J connectivity index is 1.18. The summed E-state index contributed by atoms with van der Waals surface area (Å²) in [5, 5.41) is 18.6. The number of aliphatic hydroxyl groups excluding tert-OH is 1. The van der Waals surface area contributed by atoms with Gasteiger partial charge in [0, 0.05) is 64.0 Å². The number of hydrogen-bond acceptors (Lipinski definition) is 11. The molecule has 0 aliphatic carbocycles. The molecule has 2 fully saturated rings. The topological polar surface area (TPSA) is 160 Å². The van der Waals surface area contributed by atoms with E-state index >= 15 is 8.78 Å². The number of methoxy groups -OCH3 is 1. The van der Waals surface area contributed by atoms with E-state index in [9.17, 15) is 19.1 Å². The third kappa shape index (κ3) is 5.95. The standard InChI is InChI=1S/C38H36F3N11O4/c1-19-43-28-13-21(40)11-24-27-5-4-6-32(45-27)44-22-14-30(36(54)48(2)17-23(56-3)18-50(19)33(24)28)51(16-22)34-25-15-42-52(29-8-7-20(39)12-26(29)41)35(25)47-38(46-34)49-10-9-31(53)37(49)55/h4-8,11-13,15,22-23,30-31,53H,9-10,14,16-18H2,1-3H3,(H,44,45)/t22-,23-,30-,31?/m0/s1. The molecule has 9 rings (SSSR count). The number of amides is 2. The minimum absolute atomic E-state index is 0.0712. The highest BCUT2D eigenvalue weighted by atomic mass is 19.1. The normalized spacial score (nSPS) is 21.6. The van der Waals surface area contributed by atoms with Crippen molar-refractivity contribution in [2.24, 2.45) is 0 Å². The van der Waals surface area contributed by atoms with Gasteiger partial charge in [-0.05, 0) is 43.7 Å². The Morgan fingerprint density at radius 2 is 1.79 bits per heavy atom. The number of aliphatic hydroxyl groups is 1. The van der Waals surface area contributed by atoms with Crippen LogP contribution in [0.25, 0.3) is 39.0 Å². The van der Waals surface area contributed by atoms with Crippen molar-refractivity contribution >= 4 is 51.5 Å². The van der Waals surface area contributed by atoms with Crippen LogP contribution in [0.3, 0.4) is 0 Å². The van der Waals surface area contributed by atoms with Crippen molar-refractivity contribution in [1.82, 2.24) is 39.2 Å². The molecule has 2 amide bonds. The summed E-state index contributed by atoms with van der Waals surface area (Å²) in [5.74, 6) is -1.67. The van der Waals surface area contributed by atoms with Gasteiger partial charge >= 0.3 is 0 Å². The van der Waals surface area contributed by atoms with Crippen molar-refractivity contribution in [2.75, 3.05) is 48.9 Å². The summed E-state index contributed by atoms with van der Waals surface area (Å²) in [7, 11) is 3.26. The Labute approximate surface area is 317 Å². The third-order valence-electron chi connectivity index (χ3n) is 10.8. The van der Waals surface area contributed by atoms with Gasteiger partial charge in [-0.3, -0.25) is 14.5 Å². The summed E-state index contributed by atoms with van der Waals surface area (Å²) in [6.07, 6.45) is 0.127. The maximum Gasteiger partial charge on any atom is 0.258 e. The number of aryl methyl sites for hydroxylation is 1. The van der Waals surface area contributed by atoms with Crippen LogP contribution in [-0.4, -0.2) is 114 Å². The van der Waals surface area contributed by atoms with Gasteiger partial charge in [0.05, 0.1) is 41.0 Å². The molecule has 4 atom stereocenters. The number of benzene rings is 2. The van der Waals surface area contributed by atoms with Gasteiger partial charge in [-0.15, -0.1) is 0 Å². The molecule has 0 spiro atoms. The molecule has 2 aromatic carbocycles. The van der Waals surface area contributed by atoms with E-state index in [2.05, 4.69) is 20.4 Å². The van der Waals surface area contributed by atoms with Crippen LogP contribution in [0.4, 0.5) is 30.8 Å². The number of ether oxygens (including phenoxy) is 1. The highest BCUT2D eigenvalue weighted by Crippen LogP contribution is 2.37. The van der Waals surface area contributed by atoms with Gasteiger partial charge < -0.3 is 29.5 Å². The monoisotopic (exact) mass is 767 g/mol. The van der Waals surface area contributed by atoms with Crippen LogP contribution in [0.15, 0.2) is 54.7 Å². The Bertz CT molecular complexity index is 2560. The highest BCUT2D eigenvalue weighted by Gasteiger charge is 2.42. The third-order valence-corrected chi connectivity index (χ3v) is 10.8. The van der Waals surface area contributed by atoms with Crippen molar-refractivity contribution in [3.63, 3.8) is 0 Å². The molecule has 3 aliphatic rings. The van der Waals surface area contributed by atoms with Gasteiger partial charge in [-0.2, -0.15) is 15.1 Å². The highest BCUT2D eigenvalue weighted by molar-refractivity contribution is 5.99. The number of hydrogen-bond donors (Lipinski definition) is 2. The fourth-order valence-corrected chi connectivity index (χ4v) is 8.03. The minimum Gasteiger partial charge on any atom is -0.383 e. The van der Waals surface area contributed by atoms with Gasteiger partial charge in [0.1, 0.15) is 46.9 Å². The van der Waals surface area contributed by atoms with Crippen molar-refractivity contribution < 1.29 is 32.6 Å². The number of aromatic nitrogens is 7. The number of rotatable bonds is 4. The molecule has 18 heteroatoms. The second kappa shape index (κ2) is 13.6. The van der Waals surface area contributed by atoms with E-state index in [0.29, 0.717) is 52.3 Å². The van der Waals surface area contributed by atoms with Crippen LogP contribution >= 0.6 is 0 Å². The number of halogens is 3. The Morgan fingerprint density at radius 3 is 2.55 bits per heavy atom. The lowest BCUT2D eigenvalue weighted by Gasteiger charge is -2.31. The molecule has 1 unspecified atom stereocenters.